The lowest BCUT2D eigenvalue weighted by molar-refractivity contribution is 0.0801. The van der Waals surface area contributed by atoms with Crippen molar-refractivity contribution in [3.63, 3.8) is 0 Å². The lowest BCUT2D eigenvalue weighted by atomic mass is 10.2. The first-order valence-corrected chi connectivity index (χ1v) is 12.5. The van der Waals surface area contributed by atoms with E-state index in [2.05, 4.69) is 33.9 Å². The minimum atomic E-state index is -2.13. The van der Waals surface area contributed by atoms with E-state index in [0.717, 1.165) is 13.0 Å². The summed E-state index contributed by atoms with van der Waals surface area (Å²) in [7, 11) is -3.90. The highest BCUT2D eigenvalue weighted by molar-refractivity contribution is 7.65. The van der Waals surface area contributed by atoms with Crippen LogP contribution >= 0.6 is 7.14 Å². The summed E-state index contributed by atoms with van der Waals surface area (Å²) >= 11 is 0. The molecule has 2 atom stereocenters. The van der Waals surface area contributed by atoms with Gasteiger partial charge in [-0.2, -0.15) is 0 Å². The average Bonchev–Trinajstić information content (AvgIpc) is 2.58. The van der Waals surface area contributed by atoms with Crippen LogP contribution in [0.5, 0.6) is 0 Å². The summed E-state index contributed by atoms with van der Waals surface area (Å²) in [6.45, 7) is 15.5. The second-order valence-electron chi connectivity index (χ2n) is 7.32. The van der Waals surface area contributed by atoms with E-state index >= 15 is 0 Å². The smallest absolute Gasteiger partial charge is 0.192 e. The predicted octanol–water partition coefficient (Wildman–Crippen LogP) is 4.30. The van der Waals surface area contributed by atoms with E-state index in [-0.39, 0.29) is 17.2 Å². The van der Waals surface area contributed by atoms with Crippen molar-refractivity contribution in [3.05, 3.63) is 11.9 Å². The van der Waals surface area contributed by atoms with Gasteiger partial charge in [0.05, 0.1) is 12.7 Å². The molecular weight excluding hydrogens is 275 g/mol. The maximum atomic E-state index is 11.7. The highest BCUT2D eigenvalue weighted by Gasteiger charge is 2.41. The predicted molar refractivity (Wildman–Crippen MR) is 85.0 cm³/mol. The summed E-state index contributed by atoms with van der Waals surface area (Å²) in [5.74, 6) is 1.80. The van der Waals surface area contributed by atoms with Crippen molar-refractivity contribution in [1.82, 2.24) is 0 Å². The van der Waals surface area contributed by atoms with Crippen molar-refractivity contribution in [1.29, 1.82) is 0 Å². The van der Waals surface area contributed by atoms with Crippen LogP contribution < -0.4 is 0 Å². The number of hydrogen-bond acceptors (Lipinski definition) is 3. The van der Waals surface area contributed by atoms with Gasteiger partial charge in [-0.1, -0.05) is 20.8 Å². The van der Waals surface area contributed by atoms with Crippen LogP contribution in [0.1, 0.15) is 27.2 Å². The first-order valence-electron chi connectivity index (χ1n) is 6.96. The van der Waals surface area contributed by atoms with Crippen molar-refractivity contribution < 1.29 is 13.7 Å². The Morgan fingerprint density at radius 2 is 1.89 bits per heavy atom. The van der Waals surface area contributed by atoms with Crippen molar-refractivity contribution in [3.8, 4) is 0 Å². The minimum absolute atomic E-state index is 0.0395. The summed E-state index contributed by atoms with van der Waals surface area (Å²) in [6.07, 6.45) is 2.94. The van der Waals surface area contributed by atoms with E-state index in [1.807, 2.05) is 6.08 Å². The first-order chi connectivity index (χ1) is 8.42. The van der Waals surface area contributed by atoms with Crippen LogP contribution in [-0.2, 0) is 13.7 Å². The lowest BCUT2D eigenvalue weighted by Crippen LogP contribution is -2.45. The molecule has 19 heavy (non-hydrogen) atoms. The van der Waals surface area contributed by atoms with Gasteiger partial charge in [0.2, 0.25) is 0 Å². The Bertz CT molecular complexity index is 379. The van der Waals surface area contributed by atoms with Crippen LogP contribution in [0.4, 0.5) is 0 Å². The molecule has 0 bridgehead atoms. The summed E-state index contributed by atoms with van der Waals surface area (Å²) in [5, 5.41) is 0.203. The Hall–Kier alpha value is 0.107. The monoisotopic (exact) mass is 304 g/mol. The number of ether oxygens (including phenoxy) is 1. The lowest BCUT2D eigenvalue weighted by Gasteiger charge is -2.39. The van der Waals surface area contributed by atoms with Crippen LogP contribution in [0.2, 0.25) is 18.1 Å². The Morgan fingerprint density at radius 1 is 1.32 bits per heavy atom. The van der Waals surface area contributed by atoms with Gasteiger partial charge in [-0.25, -0.2) is 0 Å². The molecule has 0 radical (unpaired) electrons. The molecule has 0 aromatic carbocycles. The average molecular weight is 304 g/mol. The molecule has 1 aliphatic heterocycles. The molecule has 0 amide bonds. The van der Waals surface area contributed by atoms with E-state index in [9.17, 15) is 4.57 Å². The fourth-order valence-electron chi connectivity index (χ4n) is 1.74. The first kappa shape index (κ1) is 17.2. The van der Waals surface area contributed by atoms with Crippen LogP contribution in [0.25, 0.3) is 0 Å². The standard InChI is InChI=1S/C14H29O3PSi/c1-14(2,3)19(6,7)17-13-8-10-16-12(13)9-11-18(4,5)15/h9,11-13H,8,10H2,1-7H3/b11-9+/t12-,13?/m1/s1. The fraction of sp³-hybridized carbons (Fsp3) is 0.857. The van der Waals surface area contributed by atoms with Crippen LogP contribution in [0.15, 0.2) is 11.9 Å². The molecule has 1 aliphatic rings. The molecule has 1 saturated heterocycles. The molecule has 0 N–H and O–H groups in total. The highest BCUT2D eigenvalue weighted by atomic mass is 31.2. The zero-order chi connectivity index (χ0) is 14.9. The zero-order valence-electron chi connectivity index (χ0n) is 13.4. The van der Waals surface area contributed by atoms with Crippen molar-refractivity contribution in [2.24, 2.45) is 0 Å². The molecule has 1 heterocycles. The van der Waals surface area contributed by atoms with Gasteiger partial charge in [0.15, 0.2) is 8.32 Å². The topological polar surface area (TPSA) is 35.5 Å². The Morgan fingerprint density at radius 3 is 2.37 bits per heavy atom. The molecule has 3 nitrogen and oxygen atoms in total. The van der Waals surface area contributed by atoms with Gasteiger partial charge in [0.1, 0.15) is 13.2 Å². The van der Waals surface area contributed by atoms with Crippen molar-refractivity contribution in [2.75, 3.05) is 19.9 Å². The molecule has 1 fully saturated rings. The van der Waals surface area contributed by atoms with Gasteiger partial charge >= 0.3 is 0 Å². The van der Waals surface area contributed by atoms with E-state index in [4.69, 9.17) is 9.16 Å². The normalized spacial score (nSPS) is 26.3. The third-order valence-electron chi connectivity index (χ3n) is 3.97. The molecular formula is C14H29O3PSi. The van der Waals surface area contributed by atoms with Gasteiger partial charge in [0, 0.05) is 0 Å². The van der Waals surface area contributed by atoms with Gasteiger partial charge < -0.3 is 13.7 Å². The maximum absolute atomic E-state index is 11.7. The van der Waals surface area contributed by atoms with Gasteiger partial charge in [-0.3, -0.25) is 0 Å². The molecule has 5 heteroatoms. The molecule has 1 rings (SSSR count). The SMILES string of the molecule is CC(C)(C)[Si](C)(C)OC1CCO[C@@H]1/C=C/P(C)(C)=O. The van der Waals surface area contributed by atoms with E-state index < -0.39 is 15.5 Å². The summed E-state index contributed by atoms with van der Waals surface area (Å²) in [4.78, 5) is 0. The van der Waals surface area contributed by atoms with Gasteiger partial charge in [-0.05, 0) is 49.8 Å². The third-order valence-corrected chi connectivity index (χ3v) is 9.36. The summed E-state index contributed by atoms with van der Waals surface area (Å²) in [5.41, 5.74) is 0. The van der Waals surface area contributed by atoms with E-state index in [0.29, 0.717) is 0 Å². The number of hydrogen-bond donors (Lipinski definition) is 0. The zero-order valence-corrected chi connectivity index (χ0v) is 15.3. The van der Waals surface area contributed by atoms with E-state index in [1.54, 1.807) is 19.1 Å². The highest BCUT2D eigenvalue weighted by Crippen LogP contribution is 2.40. The van der Waals surface area contributed by atoms with Crippen LogP contribution in [0, 0.1) is 0 Å². The molecule has 0 spiro atoms. The molecule has 112 valence electrons. The molecule has 0 saturated carbocycles. The summed E-state index contributed by atoms with van der Waals surface area (Å²) in [6, 6.07) is 0. The van der Waals surface area contributed by atoms with Crippen LogP contribution in [0.3, 0.4) is 0 Å². The summed E-state index contributed by atoms with van der Waals surface area (Å²) < 4.78 is 23.9. The largest absolute Gasteiger partial charge is 0.411 e. The Balaban J connectivity index is 2.73. The quantitative estimate of drug-likeness (QED) is 0.574. The Labute approximate surface area is 119 Å². The molecule has 1 unspecified atom stereocenters. The third kappa shape index (κ3) is 5.18. The van der Waals surface area contributed by atoms with Gasteiger partial charge in [0.25, 0.3) is 0 Å². The number of rotatable bonds is 4. The van der Waals surface area contributed by atoms with Gasteiger partial charge in [-0.15, -0.1) is 0 Å². The second kappa shape index (κ2) is 5.85. The molecule has 0 aromatic heterocycles. The van der Waals surface area contributed by atoms with E-state index in [1.165, 1.54) is 0 Å². The van der Waals surface area contributed by atoms with Crippen molar-refractivity contribution in [2.45, 2.75) is 57.5 Å². The molecule has 0 aromatic rings. The Kier molecular flexibility index (Phi) is 5.28. The molecule has 0 aliphatic carbocycles. The second-order valence-corrected chi connectivity index (χ2v) is 15.2. The van der Waals surface area contributed by atoms with Crippen molar-refractivity contribution >= 4 is 15.5 Å². The maximum Gasteiger partial charge on any atom is 0.192 e. The van der Waals surface area contributed by atoms with Crippen LogP contribution in [-0.4, -0.2) is 40.5 Å². The minimum Gasteiger partial charge on any atom is -0.411 e. The fourth-order valence-corrected chi connectivity index (χ4v) is 3.69.